The highest BCUT2D eigenvalue weighted by Crippen LogP contribution is 2.33. The minimum absolute atomic E-state index is 0.385. The molecule has 1 nitrogen and oxygen atoms in total. The van der Waals surface area contributed by atoms with E-state index < -0.39 is 0 Å². The molecule has 0 saturated heterocycles. The van der Waals surface area contributed by atoms with Crippen molar-refractivity contribution in [3.63, 3.8) is 0 Å². The number of Topliss-reactive ketones (excluding diaryl/α,β-unsaturated/α-hetero) is 1. The minimum Gasteiger partial charge on any atom is -0.294 e. The van der Waals surface area contributed by atoms with Gasteiger partial charge in [-0.2, -0.15) is 0 Å². The van der Waals surface area contributed by atoms with Crippen LogP contribution in [-0.2, 0) is 4.79 Å². The molecule has 1 aliphatic carbocycles. The van der Waals surface area contributed by atoms with Crippen LogP contribution in [0, 0.1) is 0 Å². The molecule has 0 aliphatic heterocycles. The molecule has 1 rings (SSSR count). The third kappa shape index (κ3) is 3.06. The van der Waals surface area contributed by atoms with Gasteiger partial charge in [0.25, 0.3) is 0 Å². The lowest BCUT2D eigenvalue weighted by atomic mass is 10.1. The van der Waals surface area contributed by atoms with Gasteiger partial charge in [0.05, 0.1) is 0 Å². The molecule has 0 heterocycles. The Kier molecular flexibility index (Phi) is 4.96. The standard InChI is InChI=1S/C10H16OS2/c1-12-10(13-2)8-6-4-3-5-7-9(8)11/h3-7H2,1-2H3. The van der Waals surface area contributed by atoms with Crippen molar-refractivity contribution in [2.75, 3.05) is 12.5 Å². The van der Waals surface area contributed by atoms with Crippen molar-refractivity contribution in [2.45, 2.75) is 32.1 Å². The quantitative estimate of drug-likeness (QED) is 0.520. The lowest BCUT2D eigenvalue weighted by Gasteiger charge is -2.07. The number of rotatable bonds is 2. The zero-order valence-electron chi connectivity index (χ0n) is 8.26. The van der Waals surface area contributed by atoms with E-state index in [4.69, 9.17) is 0 Å². The number of ketones is 1. The maximum Gasteiger partial charge on any atom is 0.160 e. The Hall–Kier alpha value is 0.110. The maximum atomic E-state index is 11.7. The maximum absolute atomic E-state index is 11.7. The van der Waals surface area contributed by atoms with Gasteiger partial charge in [0.1, 0.15) is 0 Å². The highest BCUT2D eigenvalue weighted by atomic mass is 32.2. The first-order valence-electron chi connectivity index (χ1n) is 4.64. The molecule has 13 heavy (non-hydrogen) atoms. The Bertz CT molecular complexity index is 215. The van der Waals surface area contributed by atoms with Gasteiger partial charge in [0, 0.05) is 16.2 Å². The fourth-order valence-electron chi connectivity index (χ4n) is 1.60. The summed E-state index contributed by atoms with van der Waals surface area (Å²) < 4.78 is 1.23. The highest BCUT2D eigenvalue weighted by molar-refractivity contribution is 8.21. The average Bonchev–Trinajstić information content (AvgIpc) is 2.34. The first kappa shape index (κ1) is 11.2. The first-order valence-corrected chi connectivity index (χ1v) is 7.09. The Morgan fingerprint density at radius 2 is 1.69 bits per heavy atom. The molecule has 0 atom stereocenters. The number of thioether (sulfide) groups is 2. The number of carbonyl (C=O) groups is 1. The van der Waals surface area contributed by atoms with Gasteiger partial charge in [-0.1, -0.05) is 6.42 Å². The number of carbonyl (C=O) groups excluding carboxylic acids is 1. The van der Waals surface area contributed by atoms with Crippen molar-refractivity contribution in [2.24, 2.45) is 0 Å². The van der Waals surface area contributed by atoms with E-state index in [0.29, 0.717) is 5.78 Å². The summed E-state index contributed by atoms with van der Waals surface area (Å²) in [6.45, 7) is 0. The van der Waals surface area contributed by atoms with Crippen LogP contribution in [0.1, 0.15) is 32.1 Å². The predicted molar refractivity (Wildman–Crippen MR) is 62.1 cm³/mol. The number of hydrogen-bond donors (Lipinski definition) is 0. The lowest BCUT2D eigenvalue weighted by Crippen LogP contribution is -2.01. The van der Waals surface area contributed by atoms with Crippen molar-refractivity contribution in [3.8, 4) is 0 Å². The molecule has 0 N–H and O–H groups in total. The van der Waals surface area contributed by atoms with Crippen LogP contribution in [0.25, 0.3) is 0 Å². The molecule has 74 valence electrons. The number of hydrogen-bond acceptors (Lipinski definition) is 3. The molecule has 0 unspecified atom stereocenters. The van der Waals surface area contributed by atoms with E-state index in [1.54, 1.807) is 23.5 Å². The summed E-state index contributed by atoms with van der Waals surface area (Å²) in [4.78, 5) is 11.7. The Morgan fingerprint density at radius 1 is 1.08 bits per heavy atom. The second kappa shape index (κ2) is 5.76. The predicted octanol–water partition coefficient (Wildman–Crippen LogP) is 3.46. The Labute approximate surface area is 88.7 Å². The summed E-state index contributed by atoms with van der Waals surface area (Å²) in [5.74, 6) is 0.385. The first-order chi connectivity index (χ1) is 6.29. The van der Waals surface area contributed by atoms with Crippen LogP contribution in [0.3, 0.4) is 0 Å². The largest absolute Gasteiger partial charge is 0.294 e. The second-order valence-electron chi connectivity index (χ2n) is 3.16. The molecule has 1 saturated carbocycles. The minimum atomic E-state index is 0.385. The van der Waals surface area contributed by atoms with Crippen molar-refractivity contribution < 1.29 is 4.79 Å². The normalized spacial score (nSPS) is 18.6. The highest BCUT2D eigenvalue weighted by Gasteiger charge is 2.16. The third-order valence-electron chi connectivity index (χ3n) is 2.28. The Morgan fingerprint density at radius 3 is 2.31 bits per heavy atom. The van der Waals surface area contributed by atoms with E-state index in [9.17, 15) is 4.79 Å². The van der Waals surface area contributed by atoms with E-state index in [1.165, 1.54) is 17.1 Å². The zero-order valence-corrected chi connectivity index (χ0v) is 9.89. The van der Waals surface area contributed by atoms with Crippen LogP contribution in [0.5, 0.6) is 0 Å². The van der Waals surface area contributed by atoms with E-state index in [1.807, 2.05) is 0 Å². The smallest absolute Gasteiger partial charge is 0.160 e. The average molecular weight is 216 g/mol. The molecule has 0 aromatic heterocycles. The van der Waals surface area contributed by atoms with Gasteiger partial charge < -0.3 is 0 Å². The third-order valence-corrected chi connectivity index (χ3v) is 4.52. The van der Waals surface area contributed by atoms with Crippen LogP contribution in [-0.4, -0.2) is 18.3 Å². The molecule has 0 amide bonds. The van der Waals surface area contributed by atoms with E-state index in [2.05, 4.69) is 12.5 Å². The SMILES string of the molecule is CSC(SC)=C1CCCCCC1=O. The van der Waals surface area contributed by atoms with Crippen molar-refractivity contribution in [1.82, 2.24) is 0 Å². The summed E-state index contributed by atoms with van der Waals surface area (Å²) in [6.07, 6.45) is 9.35. The Balaban J connectivity index is 2.83. The van der Waals surface area contributed by atoms with Crippen molar-refractivity contribution >= 4 is 29.3 Å². The van der Waals surface area contributed by atoms with Crippen LogP contribution in [0.2, 0.25) is 0 Å². The van der Waals surface area contributed by atoms with E-state index in [-0.39, 0.29) is 0 Å². The summed E-state index contributed by atoms with van der Waals surface area (Å²) in [5.41, 5.74) is 1.09. The van der Waals surface area contributed by atoms with E-state index >= 15 is 0 Å². The molecule has 0 aromatic carbocycles. The monoisotopic (exact) mass is 216 g/mol. The summed E-state index contributed by atoms with van der Waals surface area (Å²) >= 11 is 3.42. The van der Waals surface area contributed by atoms with Crippen LogP contribution in [0.4, 0.5) is 0 Å². The van der Waals surface area contributed by atoms with Crippen LogP contribution in [0.15, 0.2) is 9.81 Å². The topological polar surface area (TPSA) is 17.1 Å². The summed E-state index contributed by atoms with van der Waals surface area (Å²) in [5, 5.41) is 0. The molecule has 0 bridgehead atoms. The van der Waals surface area contributed by atoms with E-state index in [0.717, 1.165) is 24.8 Å². The van der Waals surface area contributed by atoms with Crippen LogP contribution < -0.4 is 0 Å². The van der Waals surface area contributed by atoms with Crippen LogP contribution >= 0.6 is 23.5 Å². The summed E-state index contributed by atoms with van der Waals surface area (Å²) in [6, 6.07) is 0. The van der Waals surface area contributed by atoms with Gasteiger partial charge in [-0.25, -0.2) is 0 Å². The fraction of sp³-hybridized carbons (Fsp3) is 0.700. The molecule has 0 aromatic rings. The molecule has 1 aliphatic rings. The van der Waals surface area contributed by atoms with Gasteiger partial charge in [-0.15, -0.1) is 23.5 Å². The molecular weight excluding hydrogens is 200 g/mol. The van der Waals surface area contributed by atoms with Crippen molar-refractivity contribution in [3.05, 3.63) is 9.81 Å². The van der Waals surface area contributed by atoms with Gasteiger partial charge in [-0.05, 0) is 31.8 Å². The van der Waals surface area contributed by atoms with Gasteiger partial charge in [0.15, 0.2) is 5.78 Å². The van der Waals surface area contributed by atoms with Crippen molar-refractivity contribution in [1.29, 1.82) is 0 Å². The second-order valence-corrected chi connectivity index (χ2v) is 5.05. The molecule has 1 fully saturated rings. The van der Waals surface area contributed by atoms with Gasteiger partial charge in [-0.3, -0.25) is 4.79 Å². The van der Waals surface area contributed by atoms with Gasteiger partial charge in [0.2, 0.25) is 0 Å². The number of allylic oxidation sites excluding steroid dienone is 1. The molecular formula is C10H16OS2. The summed E-state index contributed by atoms with van der Waals surface area (Å²) in [7, 11) is 0. The zero-order chi connectivity index (χ0) is 9.68. The molecule has 0 spiro atoms. The van der Waals surface area contributed by atoms with Gasteiger partial charge >= 0.3 is 0 Å². The lowest BCUT2D eigenvalue weighted by molar-refractivity contribution is -0.115. The molecule has 0 radical (unpaired) electrons. The fourth-order valence-corrected chi connectivity index (χ4v) is 3.19. The molecule has 3 heteroatoms.